The Morgan fingerprint density at radius 2 is 1.81 bits per heavy atom. The maximum Gasteiger partial charge on any atom is 0.269 e. The van der Waals surface area contributed by atoms with Gasteiger partial charge in [0.1, 0.15) is 5.82 Å². The first-order valence-electron chi connectivity index (χ1n) is 9.64. The molecule has 2 aromatic carbocycles. The Morgan fingerprint density at radius 1 is 1.06 bits per heavy atom. The van der Waals surface area contributed by atoms with Crippen molar-refractivity contribution in [1.82, 2.24) is 15.0 Å². The number of nitrogens with zero attached hydrogens (tertiary/aromatic N) is 6. The predicted octanol–water partition coefficient (Wildman–Crippen LogP) is 3.71. The highest BCUT2D eigenvalue weighted by Crippen LogP contribution is 2.22. The van der Waals surface area contributed by atoms with Gasteiger partial charge in [-0.3, -0.25) is 10.1 Å². The van der Waals surface area contributed by atoms with Gasteiger partial charge in [0.25, 0.3) is 5.69 Å². The lowest BCUT2D eigenvalue weighted by Gasteiger charge is -2.16. The SMILES string of the molecule is O=[N+]([O-])c1ccc(Nc2nc(NN=Cc3cccc(F)c3)nc(N3CCCC3)n2)cc1. The molecule has 3 aromatic rings. The van der Waals surface area contributed by atoms with E-state index in [4.69, 9.17) is 0 Å². The largest absolute Gasteiger partial charge is 0.341 e. The van der Waals surface area contributed by atoms with E-state index in [2.05, 4.69) is 30.8 Å². The fourth-order valence-electron chi connectivity index (χ4n) is 3.08. The van der Waals surface area contributed by atoms with Crippen LogP contribution in [0.15, 0.2) is 53.6 Å². The number of hydrogen-bond acceptors (Lipinski definition) is 9. The van der Waals surface area contributed by atoms with Crippen LogP contribution in [0.2, 0.25) is 0 Å². The fraction of sp³-hybridized carbons (Fsp3) is 0.200. The molecule has 4 rings (SSSR count). The average Bonchev–Trinajstić information content (AvgIpc) is 3.29. The number of nitro benzene ring substituents is 1. The van der Waals surface area contributed by atoms with Crippen LogP contribution in [0.4, 0.5) is 33.6 Å². The maximum atomic E-state index is 13.3. The third-order valence-corrected chi connectivity index (χ3v) is 4.57. The second-order valence-corrected chi connectivity index (χ2v) is 6.83. The summed E-state index contributed by atoms with van der Waals surface area (Å²) in [6.07, 6.45) is 3.57. The van der Waals surface area contributed by atoms with Crippen molar-refractivity contribution in [1.29, 1.82) is 0 Å². The van der Waals surface area contributed by atoms with Gasteiger partial charge in [0.05, 0.1) is 11.1 Å². The molecule has 11 heteroatoms. The Labute approximate surface area is 177 Å². The lowest BCUT2D eigenvalue weighted by molar-refractivity contribution is -0.384. The molecule has 10 nitrogen and oxygen atoms in total. The number of anilines is 4. The Bertz CT molecular complexity index is 1100. The summed E-state index contributed by atoms with van der Waals surface area (Å²) in [7, 11) is 0. The monoisotopic (exact) mass is 422 g/mol. The molecule has 2 N–H and O–H groups in total. The molecular formula is C20H19FN8O2. The van der Waals surface area contributed by atoms with Gasteiger partial charge in [-0.15, -0.1) is 0 Å². The predicted molar refractivity (Wildman–Crippen MR) is 115 cm³/mol. The molecule has 0 unspecified atom stereocenters. The number of aromatic nitrogens is 3. The summed E-state index contributed by atoms with van der Waals surface area (Å²) in [5.41, 5.74) is 3.93. The highest BCUT2D eigenvalue weighted by Gasteiger charge is 2.17. The molecule has 0 saturated carbocycles. The molecule has 1 saturated heterocycles. The molecule has 1 aliphatic heterocycles. The molecule has 158 valence electrons. The number of rotatable bonds is 7. The normalized spacial score (nSPS) is 13.5. The summed E-state index contributed by atoms with van der Waals surface area (Å²) < 4.78 is 13.3. The number of halogens is 1. The van der Waals surface area contributed by atoms with E-state index in [1.807, 2.05) is 4.90 Å². The second kappa shape index (κ2) is 9.11. The van der Waals surface area contributed by atoms with Gasteiger partial charge in [-0.05, 0) is 42.7 Å². The molecule has 0 radical (unpaired) electrons. The van der Waals surface area contributed by atoms with E-state index in [9.17, 15) is 14.5 Å². The fourth-order valence-corrected chi connectivity index (χ4v) is 3.08. The zero-order valence-electron chi connectivity index (χ0n) is 16.4. The van der Waals surface area contributed by atoms with Crippen molar-refractivity contribution in [3.63, 3.8) is 0 Å². The van der Waals surface area contributed by atoms with Crippen molar-refractivity contribution in [2.45, 2.75) is 12.8 Å². The van der Waals surface area contributed by atoms with Gasteiger partial charge < -0.3 is 10.2 Å². The topological polar surface area (TPSA) is 121 Å². The summed E-state index contributed by atoms with van der Waals surface area (Å²) in [6, 6.07) is 12.0. The quantitative estimate of drug-likeness (QED) is 0.336. The summed E-state index contributed by atoms with van der Waals surface area (Å²) in [5, 5.41) is 18.0. The third-order valence-electron chi connectivity index (χ3n) is 4.57. The molecule has 0 spiro atoms. The number of benzene rings is 2. The van der Waals surface area contributed by atoms with Gasteiger partial charge in [-0.25, -0.2) is 9.82 Å². The lowest BCUT2D eigenvalue weighted by atomic mass is 10.2. The minimum Gasteiger partial charge on any atom is -0.341 e. The molecular weight excluding hydrogens is 403 g/mol. The number of hydrazone groups is 1. The van der Waals surface area contributed by atoms with Crippen molar-refractivity contribution in [2.75, 3.05) is 28.7 Å². The summed E-state index contributed by atoms with van der Waals surface area (Å²) in [5.74, 6) is 0.638. The van der Waals surface area contributed by atoms with Crippen molar-refractivity contribution in [3.8, 4) is 0 Å². The first-order chi connectivity index (χ1) is 15.1. The van der Waals surface area contributed by atoms with Crippen LogP contribution in [0.1, 0.15) is 18.4 Å². The molecule has 1 fully saturated rings. The second-order valence-electron chi connectivity index (χ2n) is 6.83. The Balaban J connectivity index is 1.55. The van der Waals surface area contributed by atoms with Crippen LogP contribution in [0, 0.1) is 15.9 Å². The van der Waals surface area contributed by atoms with Gasteiger partial charge in [0.2, 0.25) is 17.8 Å². The van der Waals surface area contributed by atoms with Crippen molar-refractivity contribution in [2.24, 2.45) is 5.10 Å². The molecule has 0 amide bonds. The highest BCUT2D eigenvalue weighted by atomic mass is 19.1. The maximum absolute atomic E-state index is 13.3. The van der Waals surface area contributed by atoms with Crippen LogP contribution < -0.4 is 15.6 Å². The van der Waals surface area contributed by atoms with Gasteiger partial charge in [-0.1, -0.05) is 12.1 Å². The smallest absolute Gasteiger partial charge is 0.269 e. The number of nitrogens with one attached hydrogen (secondary N) is 2. The molecule has 0 aliphatic carbocycles. The Hall–Kier alpha value is -4.15. The molecule has 0 atom stereocenters. The van der Waals surface area contributed by atoms with E-state index >= 15 is 0 Å². The number of non-ortho nitro benzene ring substituents is 1. The average molecular weight is 422 g/mol. The van der Waals surface area contributed by atoms with E-state index in [1.54, 1.807) is 24.3 Å². The van der Waals surface area contributed by atoms with Gasteiger partial charge in [0, 0.05) is 30.9 Å². The molecule has 1 aromatic heterocycles. The van der Waals surface area contributed by atoms with Crippen LogP contribution in [-0.2, 0) is 0 Å². The van der Waals surface area contributed by atoms with E-state index in [-0.39, 0.29) is 23.4 Å². The Kier molecular flexibility index (Phi) is 5.92. The first kappa shape index (κ1) is 20.1. The molecule has 0 bridgehead atoms. The van der Waals surface area contributed by atoms with Gasteiger partial charge >= 0.3 is 0 Å². The van der Waals surface area contributed by atoms with Crippen LogP contribution in [0.5, 0.6) is 0 Å². The van der Waals surface area contributed by atoms with Crippen LogP contribution in [-0.4, -0.2) is 39.2 Å². The summed E-state index contributed by atoms with van der Waals surface area (Å²) >= 11 is 0. The summed E-state index contributed by atoms with van der Waals surface area (Å²) in [4.78, 5) is 25.6. The van der Waals surface area contributed by atoms with Gasteiger partial charge in [-0.2, -0.15) is 20.1 Å². The van der Waals surface area contributed by atoms with E-state index in [0.29, 0.717) is 17.2 Å². The lowest BCUT2D eigenvalue weighted by Crippen LogP contribution is -2.21. The van der Waals surface area contributed by atoms with E-state index in [0.717, 1.165) is 25.9 Å². The van der Waals surface area contributed by atoms with Crippen molar-refractivity contribution < 1.29 is 9.31 Å². The van der Waals surface area contributed by atoms with Crippen LogP contribution in [0.3, 0.4) is 0 Å². The van der Waals surface area contributed by atoms with Gasteiger partial charge in [0.15, 0.2) is 0 Å². The van der Waals surface area contributed by atoms with Crippen molar-refractivity contribution in [3.05, 3.63) is 70.0 Å². The number of nitro groups is 1. The first-order valence-corrected chi connectivity index (χ1v) is 9.64. The Morgan fingerprint density at radius 3 is 2.52 bits per heavy atom. The zero-order chi connectivity index (χ0) is 21.6. The zero-order valence-corrected chi connectivity index (χ0v) is 16.4. The molecule has 31 heavy (non-hydrogen) atoms. The van der Waals surface area contributed by atoms with E-state index in [1.165, 1.54) is 30.5 Å². The standard InChI is InChI=1S/C20H19FN8O2/c21-15-5-3-4-14(12-15)13-22-27-19-24-18(25-20(26-19)28-10-1-2-11-28)23-16-6-8-17(9-7-16)29(30)31/h3-9,12-13H,1-2,10-11H2,(H2,23,24,25,26,27). The number of hydrogen-bond donors (Lipinski definition) is 2. The van der Waals surface area contributed by atoms with Crippen LogP contribution >= 0.6 is 0 Å². The van der Waals surface area contributed by atoms with Crippen LogP contribution in [0.25, 0.3) is 0 Å². The summed E-state index contributed by atoms with van der Waals surface area (Å²) in [6.45, 7) is 1.68. The molecule has 2 heterocycles. The third kappa shape index (κ3) is 5.26. The minimum absolute atomic E-state index is 0.00649. The molecule has 1 aliphatic rings. The van der Waals surface area contributed by atoms with E-state index < -0.39 is 4.92 Å². The van der Waals surface area contributed by atoms with Crippen molar-refractivity contribution >= 4 is 35.4 Å². The highest BCUT2D eigenvalue weighted by molar-refractivity contribution is 5.79. The minimum atomic E-state index is -0.461.